The van der Waals surface area contributed by atoms with Crippen molar-refractivity contribution < 1.29 is 9.18 Å². The standard InChI is InChI=1S/C20H20FN5O/c21-13-6-4-11(5-7-13)17-9-12-8-14(10-22-19(12)24-17)23-20(27)18-15-2-1-3-16(15)25-26-18/h4-10,15-16,18,25-26H,1-3H2,(H,22,24)(H,23,27). The summed E-state index contributed by atoms with van der Waals surface area (Å²) in [7, 11) is 0. The molecule has 1 saturated heterocycles. The number of H-pyrrole nitrogens is 1. The summed E-state index contributed by atoms with van der Waals surface area (Å²) in [5, 5.41) is 3.87. The first-order valence-corrected chi connectivity index (χ1v) is 9.24. The van der Waals surface area contributed by atoms with E-state index in [9.17, 15) is 9.18 Å². The molecule has 7 heteroatoms. The third-order valence-electron chi connectivity index (χ3n) is 5.60. The zero-order valence-electron chi connectivity index (χ0n) is 14.6. The average Bonchev–Trinajstić information content (AvgIpc) is 3.37. The number of pyridine rings is 1. The van der Waals surface area contributed by atoms with E-state index < -0.39 is 0 Å². The molecular weight excluding hydrogens is 345 g/mol. The molecule has 3 heterocycles. The van der Waals surface area contributed by atoms with Crippen LogP contribution in [0.1, 0.15) is 19.3 Å². The Kier molecular flexibility index (Phi) is 3.91. The van der Waals surface area contributed by atoms with Gasteiger partial charge in [-0.15, -0.1) is 0 Å². The second kappa shape index (κ2) is 6.44. The Morgan fingerprint density at radius 2 is 2.00 bits per heavy atom. The fourth-order valence-electron chi connectivity index (χ4n) is 4.22. The van der Waals surface area contributed by atoms with E-state index in [4.69, 9.17) is 0 Å². The number of nitrogens with one attached hydrogen (secondary N) is 4. The largest absolute Gasteiger partial charge is 0.339 e. The number of aromatic amines is 1. The summed E-state index contributed by atoms with van der Waals surface area (Å²) < 4.78 is 13.1. The monoisotopic (exact) mass is 365 g/mol. The van der Waals surface area contributed by atoms with Gasteiger partial charge < -0.3 is 10.3 Å². The van der Waals surface area contributed by atoms with Crippen molar-refractivity contribution in [2.24, 2.45) is 5.92 Å². The van der Waals surface area contributed by atoms with E-state index in [1.54, 1.807) is 18.3 Å². The van der Waals surface area contributed by atoms with Crippen molar-refractivity contribution in [3.8, 4) is 11.3 Å². The summed E-state index contributed by atoms with van der Waals surface area (Å²) in [4.78, 5) is 20.3. The molecule has 0 radical (unpaired) electrons. The van der Waals surface area contributed by atoms with E-state index >= 15 is 0 Å². The highest BCUT2D eigenvalue weighted by molar-refractivity contribution is 5.97. The normalized spacial score (nSPS) is 24.3. The summed E-state index contributed by atoms with van der Waals surface area (Å²) in [6.07, 6.45) is 5.00. The maximum Gasteiger partial charge on any atom is 0.243 e. The van der Waals surface area contributed by atoms with Crippen LogP contribution in [-0.4, -0.2) is 28.0 Å². The van der Waals surface area contributed by atoms with Crippen LogP contribution >= 0.6 is 0 Å². The highest BCUT2D eigenvalue weighted by Gasteiger charge is 2.42. The molecule has 2 fully saturated rings. The van der Waals surface area contributed by atoms with Gasteiger partial charge in [-0.2, -0.15) is 0 Å². The van der Waals surface area contributed by atoms with Crippen LogP contribution in [0.5, 0.6) is 0 Å². The van der Waals surface area contributed by atoms with Gasteiger partial charge in [-0.1, -0.05) is 6.42 Å². The minimum Gasteiger partial charge on any atom is -0.339 e. The summed E-state index contributed by atoms with van der Waals surface area (Å²) >= 11 is 0. The van der Waals surface area contributed by atoms with Crippen molar-refractivity contribution in [2.45, 2.75) is 31.3 Å². The summed E-state index contributed by atoms with van der Waals surface area (Å²) in [6.45, 7) is 0. The van der Waals surface area contributed by atoms with Crippen LogP contribution in [0.3, 0.4) is 0 Å². The number of amides is 1. The molecule has 3 unspecified atom stereocenters. The number of fused-ring (bicyclic) bond motifs is 2. The molecule has 1 amide bonds. The quantitative estimate of drug-likeness (QED) is 0.575. The van der Waals surface area contributed by atoms with Gasteiger partial charge in [0.05, 0.1) is 11.9 Å². The molecule has 0 spiro atoms. The topological polar surface area (TPSA) is 81.8 Å². The Balaban J connectivity index is 1.36. The molecule has 4 N–H and O–H groups in total. The molecule has 1 aromatic carbocycles. The second-order valence-electron chi connectivity index (χ2n) is 7.31. The second-order valence-corrected chi connectivity index (χ2v) is 7.31. The zero-order valence-corrected chi connectivity index (χ0v) is 14.6. The third kappa shape index (κ3) is 2.98. The van der Waals surface area contributed by atoms with Gasteiger partial charge >= 0.3 is 0 Å². The number of carbonyl (C=O) groups is 1. The van der Waals surface area contributed by atoms with Gasteiger partial charge in [0.1, 0.15) is 17.5 Å². The molecule has 1 aliphatic carbocycles. The lowest BCUT2D eigenvalue weighted by molar-refractivity contribution is -0.118. The highest BCUT2D eigenvalue weighted by Crippen LogP contribution is 2.32. The minimum absolute atomic E-state index is 0.0349. The van der Waals surface area contributed by atoms with Gasteiger partial charge in [0.2, 0.25) is 5.91 Å². The molecule has 5 rings (SSSR count). The molecule has 27 heavy (non-hydrogen) atoms. The number of benzene rings is 1. The number of nitrogens with zero attached hydrogens (tertiary/aromatic N) is 1. The number of aromatic nitrogens is 2. The van der Waals surface area contributed by atoms with Crippen LogP contribution in [-0.2, 0) is 4.79 Å². The summed E-state index contributed by atoms with van der Waals surface area (Å²) in [5.41, 5.74) is 9.49. The molecular formula is C20H20FN5O. The first-order chi connectivity index (χ1) is 13.2. The lowest BCUT2D eigenvalue weighted by Crippen LogP contribution is -2.42. The number of hydrogen-bond donors (Lipinski definition) is 4. The number of rotatable bonds is 3. The van der Waals surface area contributed by atoms with E-state index in [2.05, 4.69) is 26.1 Å². The predicted octanol–water partition coefficient (Wildman–Crippen LogP) is 2.95. The zero-order chi connectivity index (χ0) is 18.4. The average molecular weight is 365 g/mol. The molecule has 0 bridgehead atoms. The number of anilines is 1. The minimum atomic E-state index is -0.266. The Hall–Kier alpha value is -2.77. The number of halogens is 1. The Labute approximate surface area is 155 Å². The predicted molar refractivity (Wildman–Crippen MR) is 101 cm³/mol. The summed E-state index contributed by atoms with van der Waals surface area (Å²) in [6, 6.07) is 10.3. The van der Waals surface area contributed by atoms with Gasteiger partial charge in [-0.3, -0.25) is 10.2 Å². The van der Waals surface area contributed by atoms with Crippen LogP contribution < -0.4 is 16.2 Å². The Morgan fingerprint density at radius 1 is 1.15 bits per heavy atom. The number of carbonyl (C=O) groups excluding carboxylic acids is 1. The van der Waals surface area contributed by atoms with Gasteiger partial charge in [0, 0.05) is 23.0 Å². The Morgan fingerprint density at radius 3 is 2.85 bits per heavy atom. The molecule has 6 nitrogen and oxygen atoms in total. The molecule has 3 aromatic rings. The maximum absolute atomic E-state index is 13.1. The first kappa shape index (κ1) is 16.4. The van der Waals surface area contributed by atoms with E-state index in [1.807, 2.05) is 12.1 Å². The van der Waals surface area contributed by atoms with Crippen molar-refractivity contribution in [3.63, 3.8) is 0 Å². The smallest absolute Gasteiger partial charge is 0.243 e. The SMILES string of the molecule is O=C(Nc1cnc2[nH]c(-c3ccc(F)cc3)cc2c1)C1NNC2CCCC21. The van der Waals surface area contributed by atoms with Gasteiger partial charge in [0.15, 0.2) is 0 Å². The Bertz CT molecular complexity index is 999. The molecule has 2 aromatic heterocycles. The van der Waals surface area contributed by atoms with Crippen molar-refractivity contribution in [1.82, 2.24) is 20.8 Å². The van der Waals surface area contributed by atoms with E-state index in [1.165, 1.54) is 12.1 Å². The maximum atomic E-state index is 13.1. The molecule has 1 aliphatic heterocycles. The van der Waals surface area contributed by atoms with Crippen LogP contribution in [0, 0.1) is 11.7 Å². The fraction of sp³-hybridized carbons (Fsp3) is 0.300. The third-order valence-corrected chi connectivity index (χ3v) is 5.60. The van der Waals surface area contributed by atoms with Gasteiger partial charge in [-0.05, 0) is 54.8 Å². The molecule has 3 atom stereocenters. The molecule has 138 valence electrons. The van der Waals surface area contributed by atoms with Crippen molar-refractivity contribution in [1.29, 1.82) is 0 Å². The van der Waals surface area contributed by atoms with E-state index in [0.29, 0.717) is 17.6 Å². The van der Waals surface area contributed by atoms with Crippen molar-refractivity contribution >= 4 is 22.6 Å². The highest BCUT2D eigenvalue weighted by atomic mass is 19.1. The fourth-order valence-corrected chi connectivity index (χ4v) is 4.22. The lowest BCUT2D eigenvalue weighted by Gasteiger charge is -2.16. The van der Waals surface area contributed by atoms with Gasteiger partial charge in [-0.25, -0.2) is 14.8 Å². The molecule has 2 aliphatic rings. The van der Waals surface area contributed by atoms with E-state index in [0.717, 1.165) is 41.6 Å². The molecule has 1 saturated carbocycles. The van der Waals surface area contributed by atoms with Crippen molar-refractivity contribution in [2.75, 3.05) is 5.32 Å². The van der Waals surface area contributed by atoms with E-state index in [-0.39, 0.29) is 17.8 Å². The first-order valence-electron chi connectivity index (χ1n) is 9.24. The van der Waals surface area contributed by atoms with Crippen LogP contribution in [0.25, 0.3) is 22.3 Å². The van der Waals surface area contributed by atoms with Crippen LogP contribution in [0.15, 0.2) is 42.6 Å². The summed E-state index contributed by atoms with van der Waals surface area (Å²) in [5.74, 6) is 0.0452. The van der Waals surface area contributed by atoms with Crippen molar-refractivity contribution in [3.05, 3.63) is 48.4 Å². The number of hydrogen-bond acceptors (Lipinski definition) is 4. The van der Waals surface area contributed by atoms with Gasteiger partial charge in [0.25, 0.3) is 0 Å². The van der Waals surface area contributed by atoms with Crippen LogP contribution in [0.2, 0.25) is 0 Å². The van der Waals surface area contributed by atoms with Crippen LogP contribution in [0.4, 0.5) is 10.1 Å². The lowest BCUT2D eigenvalue weighted by atomic mass is 9.97. The number of hydrazine groups is 1.